The van der Waals surface area contributed by atoms with Gasteiger partial charge in [-0.2, -0.15) is 5.10 Å². The van der Waals surface area contributed by atoms with Gasteiger partial charge in [0.25, 0.3) is 5.91 Å². The summed E-state index contributed by atoms with van der Waals surface area (Å²) in [6, 6.07) is 21.0. The van der Waals surface area contributed by atoms with E-state index in [1.807, 2.05) is 79.4 Å². The van der Waals surface area contributed by atoms with Crippen molar-refractivity contribution >= 4 is 5.91 Å². The molecule has 176 valence electrons. The van der Waals surface area contributed by atoms with Crippen molar-refractivity contribution in [1.29, 1.82) is 0 Å². The van der Waals surface area contributed by atoms with Crippen LogP contribution < -0.4 is 4.74 Å². The number of carbonyl (C=O) groups is 1. The molecule has 6 heteroatoms. The van der Waals surface area contributed by atoms with Crippen molar-refractivity contribution in [2.45, 2.75) is 26.4 Å². The van der Waals surface area contributed by atoms with E-state index in [1.165, 1.54) is 0 Å². The highest BCUT2D eigenvalue weighted by atomic mass is 16.5. The van der Waals surface area contributed by atoms with Gasteiger partial charge in [-0.25, -0.2) is 0 Å². The van der Waals surface area contributed by atoms with Gasteiger partial charge in [0.05, 0.1) is 6.04 Å². The second kappa shape index (κ2) is 9.14. The van der Waals surface area contributed by atoms with Crippen LogP contribution in [0.3, 0.4) is 0 Å². The monoisotopic (exact) mass is 465 g/mol. The first-order valence-corrected chi connectivity index (χ1v) is 11.5. The Labute approximate surface area is 204 Å². The maximum absolute atomic E-state index is 13.6. The zero-order valence-electron chi connectivity index (χ0n) is 19.8. The number of carbonyl (C=O) groups excluding carboxylic acids is 1. The molecule has 0 saturated carbocycles. The Balaban J connectivity index is 1.64. The normalized spacial score (nSPS) is 14.7. The summed E-state index contributed by atoms with van der Waals surface area (Å²) in [5, 5.41) is 18.3. The quantitative estimate of drug-likeness (QED) is 0.343. The molecule has 1 aliphatic rings. The van der Waals surface area contributed by atoms with E-state index in [0.717, 1.165) is 33.6 Å². The minimum Gasteiger partial charge on any atom is -0.507 e. The smallest absolute Gasteiger partial charge is 0.273 e. The summed E-state index contributed by atoms with van der Waals surface area (Å²) in [4.78, 5) is 15.5. The summed E-state index contributed by atoms with van der Waals surface area (Å²) < 4.78 is 5.66. The zero-order valence-corrected chi connectivity index (χ0v) is 19.8. The molecule has 5 rings (SSSR count). The molecular formula is C29H27N3O3. The number of aryl methyl sites for hydroxylation is 2. The third kappa shape index (κ3) is 4.08. The minimum absolute atomic E-state index is 0.121. The van der Waals surface area contributed by atoms with Gasteiger partial charge >= 0.3 is 0 Å². The third-order valence-electron chi connectivity index (χ3n) is 6.32. The number of fused-ring (bicyclic) bond motifs is 1. The molecule has 4 aromatic rings. The van der Waals surface area contributed by atoms with Crippen molar-refractivity contribution in [1.82, 2.24) is 15.1 Å². The molecule has 1 aliphatic heterocycles. The first kappa shape index (κ1) is 22.5. The van der Waals surface area contributed by atoms with Gasteiger partial charge in [-0.15, -0.1) is 0 Å². The topological polar surface area (TPSA) is 78.5 Å². The average Bonchev–Trinajstić information content (AvgIpc) is 3.37. The molecule has 0 saturated heterocycles. The van der Waals surface area contributed by atoms with Gasteiger partial charge in [-0.05, 0) is 54.3 Å². The Morgan fingerprint density at radius 1 is 1.11 bits per heavy atom. The molecule has 6 nitrogen and oxygen atoms in total. The van der Waals surface area contributed by atoms with Crippen molar-refractivity contribution in [3.05, 3.63) is 113 Å². The molecule has 1 aromatic heterocycles. The Bertz CT molecular complexity index is 1370. The first-order chi connectivity index (χ1) is 17.0. The number of aromatic hydroxyl groups is 1. The van der Waals surface area contributed by atoms with Crippen LogP contribution in [0.25, 0.3) is 11.3 Å². The van der Waals surface area contributed by atoms with E-state index in [4.69, 9.17) is 4.74 Å². The number of ether oxygens (including phenoxy) is 1. The lowest BCUT2D eigenvalue weighted by molar-refractivity contribution is 0.0730. The number of nitrogens with zero attached hydrogens (tertiary/aromatic N) is 2. The predicted molar refractivity (Wildman–Crippen MR) is 135 cm³/mol. The second-order valence-corrected chi connectivity index (χ2v) is 8.83. The van der Waals surface area contributed by atoms with Crippen LogP contribution in [0.5, 0.6) is 11.5 Å². The Morgan fingerprint density at radius 2 is 1.86 bits per heavy atom. The van der Waals surface area contributed by atoms with Crippen LogP contribution in [0, 0.1) is 13.8 Å². The molecule has 0 aliphatic carbocycles. The highest BCUT2D eigenvalue weighted by Crippen LogP contribution is 2.46. The molecule has 3 aromatic carbocycles. The lowest BCUT2D eigenvalue weighted by atomic mass is 9.93. The summed E-state index contributed by atoms with van der Waals surface area (Å²) >= 11 is 0. The van der Waals surface area contributed by atoms with Gasteiger partial charge in [0.1, 0.15) is 29.5 Å². The number of nitrogens with one attached hydrogen (secondary N) is 1. The summed E-state index contributed by atoms with van der Waals surface area (Å²) in [7, 11) is 0. The van der Waals surface area contributed by atoms with Gasteiger partial charge in [0.15, 0.2) is 0 Å². The number of rotatable bonds is 7. The number of aromatic amines is 1. The molecule has 0 radical (unpaired) electrons. The van der Waals surface area contributed by atoms with E-state index < -0.39 is 0 Å². The van der Waals surface area contributed by atoms with Crippen LogP contribution in [-0.4, -0.2) is 32.7 Å². The molecule has 1 unspecified atom stereocenters. The SMILES string of the molecule is C=CCOc1ccc(C2c3c(-c4c(C)cc(C)cc4O)n[nH]c3C(=O)N2Cc2ccccc2)cc1. The highest BCUT2D eigenvalue weighted by molar-refractivity contribution is 6.00. The molecule has 2 N–H and O–H groups in total. The Hall–Kier alpha value is -4.32. The van der Waals surface area contributed by atoms with Crippen molar-refractivity contribution in [3.8, 4) is 22.8 Å². The molecule has 1 amide bonds. The van der Waals surface area contributed by atoms with Crippen LogP contribution in [0.4, 0.5) is 0 Å². The summed E-state index contributed by atoms with van der Waals surface area (Å²) in [5.74, 6) is 0.758. The molecule has 1 atom stereocenters. The van der Waals surface area contributed by atoms with Gasteiger partial charge in [-0.1, -0.05) is 61.2 Å². The number of phenolic OH excluding ortho intramolecular Hbond substituents is 1. The molecule has 0 spiro atoms. The van der Waals surface area contributed by atoms with E-state index in [-0.39, 0.29) is 17.7 Å². The van der Waals surface area contributed by atoms with Crippen LogP contribution in [0.1, 0.15) is 44.3 Å². The molecule has 0 fully saturated rings. The van der Waals surface area contributed by atoms with Gasteiger partial charge < -0.3 is 14.7 Å². The predicted octanol–water partition coefficient (Wildman–Crippen LogP) is 5.71. The molecule has 2 heterocycles. The fourth-order valence-electron chi connectivity index (χ4n) is 4.83. The van der Waals surface area contributed by atoms with Gasteiger partial charge in [0.2, 0.25) is 0 Å². The van der Waals surface area contributed by atoms with Crippen molar-refractivity contribution in [2.75, 3.05) is 6.61 Å². The van der Waals surface area contributed by atoms with E-state index in [0.29, 0.717) is 30.1 Å². The van der Waals surface area contributed by atoms with Crippen molar-refractivity contribution in [3.63, 3.8) is 0 Å². The van der Waals surface area contributed by atoms with Crippen LogP contribution >= 0.6 is 0 Å². The third-order valence-corrected chi connectivity index (χ3v) is 6.32. The Morgan fingerprint density at radius 3 is 2.54 bits per heavy atom. The largest absolute Gasteiger partial charge is 0.507 e. The zero-order chi connectivity index (χ0) is 24.5. The summed E-state index contributed by atoms with van der Waals surface area (Å²) in [6.07, 6.45) is 1.70. The number of amides is 1. The number of hydrogen-bond acceptors (Lipinski definition) is 4. The number of H-pyrrole nitrogens is 1. The van der Waals surface area contributed by atoms with Crippen molar-refractivity contribution in [2.24, 2.45) is 0 Å². The molecule has 0 bridgehead atoms. The average molecular weight is 466 g/mol. The fraction of sp³-hybridized carbons (Fsp3) is 0.172. The fourth-order valence-corrected chi connectivity index (χ4v) is 4.83. The minimum atomic E-state index is -0.375. The lowest BCUT2D eigenvalue weighted by Crippen LogP contribution is -2.29. The standard InChI is InChI=1S/C29H27N3O3/c1-4-14-35-22-12-10-21(11-13-22)28-25-26(24-19(3)15-18(2)16-23(24)33)30-31-27(25)29(34)32(28)17-20-8-6-5-7-9-20/h4-13,15-16,28,33H,1,14,17H2,2-3H3,(H,30,31). The molecular weight excluding hydrogens is 438 g/mol. The molecule has 35 heavy (non-hydrogen) atoms. The lowest BCUT2D eigenvalue weighted by Gasteiger charge is -2.27. The number of benzene rings is 3. The maximum atomic E-state index is 13.6. The highest BCUT2D eigenvalue weighted by Gasteiger charge is 2.42. The second-order valence-electron chi connectivity index (χ2n) is 8.83. The maximum Gasteiger partial charge on any atom is 0.273 e. The first-order valence-electron chi connectivity index (χ1n) is 11.5. The van der Waals surface area contributed by atoms with E-state index in [2.05, 4.69) is 16.8 Å². The van der Waals surface area contributed by atoms with Gasteiger partial charge in [0, 0.05) is 17.7 Å². The number of aromatic nitrogens is 2. The Kier molecular flexibility index (Phi) is 5.87. The number of phenols is 1. The van der Waals surface area contributed by atoms with E-state index >= 15 is 0 Å². The van der Waals surface area contributed by atoms with Crippen LogP contribution in [0.15, 0.2) is 79.4 Å². The van der Waals surface area contributed by atoms with Gasteiger partial charge in [-0.3, -0.25) is 9.89 Å². The number of hydrogen-bond donors (Lipinski definition) is 2. The summed E-state index contributed by atoms with van der Waals surface area (Å²) in [5.41, 5.74) is 6.29. The van der Waals surface area contributed by atoms with E-state index in [1.54, 1.807) is 12.1 Å². The van der Waals surface area contributed by atoms with Crippen molar-refractivity contribution < 1.29 is 14.6 Å². The van der Waals surface area contributed by atoms with E-state index in [9.17, 15) is 9.90 Å². The van der Waals surface area contributed by atoms with Crippen LogP contribution in [0.2, 0.25) is 0 Å². The summed E-state index contributed by atoms with van der Waals surface area (Å²) in [6.45, 7) is 8.44. The van der Waals surface area contributed by atoms with Crippen LogP contribution in [-0.2, 0) is 6.54 Å².